The van der Waals surface area contributed by atoms with E-state index in [1.807, 2.05) is 38.2 Å². The molecule has 19 heavy (non-hydrogen) atoms. The smallest absolute Gasteiger partial charge is 0.224 e. The molecular weight excluding hydrogens is 240 g/mol. The summed E-state index contributed by atoms with van der Waals surface area (Å²) in [7, 11) is 3.58. The van der Waals surface area contributed by atoms with E-state index in [2.05, 4.69) is 17.6 Å². The van der Waals surface area contributed by atoms with Crippen molar-refractivity contribution in [3.8, 4) is 0 Å². The van der Waals surface area contributed by atoms with Crippen molar-refractivity contribution in [2.75, 3.05) is 19.5 Å². The monoisotopic (exact) mass is 264 g/mol. The molecule has 2 N–H and O–H groups in total. The lowest BCUT2D eigenvalue weighted by atomic mass is 10.1. The molecule has 0 aliphatic heterocycles. The van der Waals surface area contributed by atoms with E-state index in [-0.39, 0.29) is 12.0 Å². The van der Waals surface area contributed by atoms with E-state index in [9.17, 15) is 4.79 Å². The summed E-state index contributed by atoms with van der Waals surface area (Å²) in [5, 5.41) is 6.07. The fourth-order valence-corrected chi connectivity index (χ4v) is 1.70. The first-order valence-electron chi connectivity index (χ1n) is 6.66. The predicted octanol–water partition coefficient (Wildman–Crippen LogP) is 2.72. The van der Waals surface area contributed by atoms with Crippen LogP contribution in [0.25, 0.3) is 0 Å². The van der Waals surface area contributed by atoms with Gasteiger partial charge in [0.25, 0.3) is 0 Å². The van der Waals surface area contributed by atoms with E-state index >= 15 is 0 Å². The zero-order valence-electron chi connectivity index (χ0n) is 12.2. The summed E-state index contributed by atoms with van der Waals surface area (Å²) < 4.78 is 5.12. The third kappa shape index (κ3) is 5.41. The number of carbonyl (C=O) groups is 1. The molecule has 1 aromatic carbocycles. The van der Waals surface area contributed by atoms with Crippen LogP contribution in [0.1, 0.15) is 38.3 Å². The van der Waals surface area contributed by atoms with Crippen LogP contribution in [-0.4, -0.2) is 26.2 Å². The van der Waals surface area contributed by atoms with Crippen molar-refractivity contribution in [1.29, 1.82) is 0 Å². The largest absolute Gasteiger partial charge is 0.382 e. The number of methoxy groups -OCH3 is 1. The molecule has 1 amide bonds. The van der Waals surface area contributed by atoms with Gasteiger partial charge in [-0.3, -0.25) is 4.79 Å². The Morgan fingerprint density at radius 1 is 1.26 bits per heavy atom. The molecule has 0 aromatic heterocycles. The van der Waals surface area contributed by atoms with Gasteiger partial charge in [-0.15, -0.1) is 0 Å². The number of rotatable bonds is 7. The molecule has 2 atom stereocenters. The van der Waals surface area contributed by atoms with Crippen molar-refractivity contribution in [2.45, 2.75) is 38.8 Å². The molecule has 106 valence electrons. The van der Waals surface area contributed by atoms with Crippen molar-refractivity contribution in [2.24, 2.45) is 0 Å². The van der Waals surface area contributed by atoms with E-state index in [0.717, 1.165) is 12.1 Å². The van der Waals surface area contributed by atoms with Crippen molar-refractivity contribution in [3.05, 3.63) is 29.8 Å². The maximum Gasteiger partial charge on any atom is 0.224 e. The number of ether oxygens (including phenoxy) is 1. The minimum absolute atomic E-state index is 0.0262. The molecule has 0 heterocycles. The van der Waals surface area contributed by atoms with Crippen LogP contribution in [0.4, 0.5) is 5.69 Å². The Hall–Kier alpha value is -1.39. The summed E-state index contributed by atoms with van der Waals surface area (Å²) in [4.78, 5) is 11.7. The van der Waals surface area contributed by atoms with Crippen LogP contribution in [0.15, 0.2) is 24.3 Å². The van der Waals surface area contributed by atoms with Crippen LogP contribution in [-0.2, 0) is 9.53 Å². The van der Waals surface area contributed by atoms with Gasteiger partial charge in [-0.2, -0.15) is 0 Å². The van der Waals surface area contributed by atoms with Gasteiger partial charge in [0.05, 0.1) is 6.10 Å². The van der Waals surface area contributed by atoms with Gasteiger partial charge < -0.3 is 15.4 Å². The van der Waals surface area contributed by atoms with Gasteiger partial charge in [0.2, 0.25) is 5.91 Å². The summed E-state index contributed by atoms with van der Waals surface area (Å²) in [5.74, 6) is 0.0262. The van der Waals surface area contributed by atoms with Gasteiger partial charge in [0, 0.05) is 25.3 Å². The maximum absolute atomic E-state index is 11.7. The van der Waals surface area contributed by atoms with E-state index in [1.165, 1.54) is 5.56 Å². The van der Waals surface area contributed by atoms with Gasteiger partial charge >= 0.3 is 0 Å². The molecule has 2 unspecified atom stereocenters. The number of carbonyl (C=O) groups excluding carboxylic acids is 1. The Kier molecular flexibility index (Phi) is 6.53. The normalized spacial score (nSPS) is 13.9. The van der Waals surface area contributed by atoms with Crippen LogP contribution in [0.2, 0.25) is 0 Å². The fourth-order valence-electron chi connectivity index (χ4n) is 1.70. The average molecular weight is 264 g/mol. The lowest BCUT2D eigenvalue weighted by Gasteiger charge is -2.12. The number of nitrogens with one attached hydrogen (secondary N) is 2. The molecule has 0 saturated carbocycles. The molecule has 0 bridgehead atoms. The number of benzene rings is 1. The molecule has 0 aliphatic rings. The zero-order valence-corrected chi connectivity index (χ0v) is 12.2. The third-order valence-electron chi connectivity index (χ3n) is 3.31. The molecule has 0 fully saturated rings. The summed E-state index contributed by atoms with van der Waals surface area (Å²) >= 11 is 0. The topological polar surface area (TPSA) is 50.4 Å². The van der Waals surface area contributed by atoms with E-state index in [4.69, 9.17) is 4.74 Å². The van der Waals surface area contributed by atoms with Gasteiger partial charge in [-0.1, -0.05) is 12.1 Å². The highest BCUT2D eigenvalue weighted by Crippen LogP contribution is 2.16. The standard InChI is InChI=1S/C15H24N2O2/c1-11(19-4)5-10-15(18)17-14-8-6-13(7-9-14)12(2)16-3/h6-9,11-12,16H,5,10H2,1-4H3,(H,17,18). The molecule has 0 spiro atoms. The fraction of sp³-hybridized carbons (Fsp3) is 0.533. The van der Waals surface area contributed by atoms with Gasteiger partial charge in [-0.05, 0) is 45.0 Å². The highest BCUT2D eigenvalue weighted by molar-refractivity contribution is 5.90. The minimum Gasteiger partial charge on any atom is -0.382 e. The lowest BCUT2D eigenvalue weighted by Crippen LogP contribution is -2.15. The Labute approximate surface area is 115 Å². The van der Waals surface area contributed by atoms with Gasteiger partial charge in [0.1, 0.15) is 0 Å². The van der Waals surface area contributed by atoms with Crippen molar-refractivity contribution < 1.29 is 9.53 Å². The first kappa shape index (κ1) is 15.7. The molecule has 0 aliphatic carbocycles. The zero-order chi connectivity index (χ0) is 14.3. The van der Waals surface area contributed by atoms with Crippen LogP contribution in [0.5, 0.6) is 0 Å². The third-order valence-corrected chi connectivity index (χ3v) is 3.31. The first-order valence-corrected chi connectivity index (χ1v) is 6.66. The number of anilines is 1. The average Bonchev–Trinajstić information content (AvgIpc) is 2.44. The second-order valence-corrected chi connectivity index (χ2v) is 4.77. The Morgan fingerprint density at radius 3 is 2.42 bits per heavy atom. The predicted molar refractivity (Wildman–Crippen MR) is 78.3 cm³/mol. The van der Waals surface area contributed by atoms with Crippen LogP contribution < -0.4 is 10.6 Å². The number of hydrogen-bond donors (Lipinski definition) is 2. The number of hydrogen-bond acceptors (Lipinski definition) is 3. The Balaban J connectivity index is 2.46. The van der Waals surface area contributed by atoms with Crippen LogP contribution >= 0.6 is 0 Å². The summed E-state index contributed by atoms with van der Waals surface area (Å²) in [5.41, 5.74) is 2.04. The SMILES string of the molecule is CNC(C)c1ccc(NC(=O)CCC(C)OC)cc1. The van der Waals surface area contributed by atoms with E-state index in [1.54, 1.807) is 7.11 Å². The second kappa shape index (κ2) is 7.92. The number of amides is 1. The second-order valence-electron chi connectivity index (χ2n) is 4.77. The molecule has 1 aromatic rings. The van der Waals surface area contributed by atoms with Crippen molar-refractivity contribution in [3.63, 3.8) is 0 Å². The Morgan fingerprint density at radius 2 is 1.89 bits per heavy atom. The van der Waals surface area contributed by atoms with Crippen LogP contribution in [0.3, 0.4) is 0 Å². The lowest BCUT2D eigenvalue weighted by molar-refractivity contribution is -0.116. The highest BCUT2D eigenvalue weighted by Gasteiger charge is 2.07. The summed E-state index contributed by atoms with van der Waals surface area (Å²) in [6.07, 6.45) is 1.32. The van der Waals surface area contributed by atoms with E-state index < -0.39 is 0 Å². The van der Waals surface area contributed by atoms with Crippen molar-refractivity contribution in [1.82, 2.24) is 5.32 Å². The Bertz CT molecular complexity index is 390. The van der Waals surface area contributed by atoms with Crippen LogP contribution in [0, 0.1) is 0 Å². The molecule has 0 saturated heterocycles. The van der Waals surface area contributed by atoms with Gasteiger partial charge in [0.15, 0.2) is 0 Å². The van der Waals surface area contributed by atoms with E-state index in [0.29, 0.717) is 12.5 Å². The first-order chi connectivity index (χ1) is 9.06. The van der Waals surface area contributed by atoms with Gasteiger partial charge in [-0.25, -0.2) is 0 Å². The molecule has 4 heteroatoms. The quantitative estimate of drug-likeness (QED) is 0.796. The maximum atomic E-state index is 11.7. The summed E-state index contributed by atoms with van der Waals surface area (Å²) in [6, 6.07) is 8.22. The van der Waals surface area contributed by atoms with Crippen molar-refractivity contribution >= 4 is 11.6 Å². The summed E-state index contributed by atoms with van der Waals surface area (Å²) in [6.45, 7) is 4.06. The molecule has 1 rings (SSSR count). The molecular formula is C15H24N2O2. The molecule has 0 radical (unpaired) electrons. The minimum atomic E-state index is 0.0262. The molecule has 4 nitrogen and oxygen atoms in total. The highest BCUT2D eigenvalue weighted by atomic mass is 16.5.